The van der Waals surface area contributed by atoms with Gasteiger partial charge in [-0.05, 0) is 84.6 Å². The first kappa shape index (κ1) is 24.4. The molecule has 1 aliphatic heterocycles. The smallest absolute Gasteiger partial charge is 0.244 e. The molecule has 9 heteroatoms. The maximum atomic E-state index is 13.6. The Morgan fingerprint density at radius 2 is 1.35 bits per heavy atom. The maximum Gasteiger partial charge on any atom is 0.244 e. The second-order valence-electron chi connectivity index (χ2n) is 8.79. The molecule has 0 saturated heterocycles. The van der Waals surface area contributed by atoms with Crippen molar-refractivity contribution in [1.29, 1.82) is 0 Å². The van der Waals surface area contributed by atoms with Crippen molar-refractivity contribution < 1.29 is 23.0 Å². The number of carbonyl (C=O) groups is 1. The zero-order valence-corrected chi connectivity index (χ0v) is 20.6. The summed E-state index contributed by atoms with van der Waals surface area (Å²) in [5.74, 6) is 1.28. The van der Waals surface area contributed by atoms with Crippen molar-refractivity contribution in [2.75, 3.05) is 27.3 Å². The number of halogens is 2. The van der Waals surface area contributed by atoms with Crippen LogP contribution in [0.15, 0.2) is 60.7 Å². The topological polar surface area (TPSA) is 69.5 Å². The van der Waals surface area contributed by atoms with Gasteiger partial charge in [0.1, 0.15) is 18.2 Å². The number of nitrogens with zero attached hydrogens (tertiary/aromatic N) is 4. The van der Waals surface area contributed by atoms with Gasteiger partial charge in [-0.3, -0.25) is 4.79 Å². The van der Waals surface area contributed by atoms with Crippen LogP contribution in [0.3, 0.4) is 0 Å². The van der Waals surface area contributed by atoms with E-state index in [-0.39, 0.29) is 24.1 Å². The van der Waals surface area contributed by atoms with Crippen molar-refractivity contribution in [2.24, 2.45) is 0 Å². The van der Waals surface area contributed by atoms with E-state index in [9.17, 15) is 13.6 Å². The molecule has 0 atom stereocenters. The number of amides is 1. The molecule has 0 N–H and O–H groups in total. The molecule has 0 spiro atoms. The lowest BCUT2D eigenvalue weighted by molar-refractivity contribution is -0.131. The summed E-state index contributed by atoms with van der Waals surface area (Å²) in [7, 11) is 3.21. The predicted octanol–water partition coefficient (Wildman–Crippen LogP) is 4.53. The minimum Gasteiger partial charge on any atom is -0.493 e. The second-order valence-corrected chi connectivity index (χ2v) is 8.79. The summed E-state index contributed by atoms with van der Waals surface area (Å²) in [6.07, 6.45) is 1.37. The molecule has 5 rings (SSSR count). The zero-order valence-electron chi connectivity index (χ0n) is 20.6. The van der Waals surface area contributed by atoms with Gasteiger partial charge in [0.2, 0.25) is 5.91 Å². The highest BCUT2D eigenvalue weighted by Gasteiger charge is 2.23. The molecule has 0 aliphatic carbocycles. The van der Waals surface area contributed by atoms with E-state index in [1.165, 1.54) is 28.9 Å². The van der Waals surface area contributed by atoms with Crippen molar-refractivity contribution in [3.63, 3.8) is 0 Å². The van der Waals surface area contributed by atoms with Crippen molar-refractivity contribution in [3.05, 3.63) is 83.4 Å². The molecule has 3 aromatic carbocycles. The van der Waals surface area contributed by atoms with Gasteiger partial charge >= 0.3 is 0 Å². The van der Waals surface area contributed by atoms with Gasteiger partial charge in [-0.2, -0.15) is 0 Å². The number of ether oxygens (including phenoxy) is 2. The van der Waals surface area contributed by atoms with Gasteiger partial charge in [0.05, 0.1) is 14.2 Å². The molecular weight excluding hydrogens is 478 g/mol. The molecule has 0 saturated carbocycles. The molecule has 1 aromatic heterocycles. The van der Waals surface area contributed by atoms with E-state index in [0.29, 0.717) is 60.2 Å². The van der Waals surface area contributed by atoms with Gasteiger partial charge in [-0.15, -0.1) is 5.10 Å². The fraction of sp³-hybridized carbons (Fsp3) is 0.250. The van der Waals surface area contributed by atoms with Crippen LogP contribution >= 0.6 is 0 Å². The van der Waals surface area contributed by atoms with E-state index in [0.717, 1.165) is 11.1 Å². The number of rotatable bonds is 6. The summed E-state index contributed by atoms with van der Waals surface area (Å²) in [5.41, 5.74) is 3.49. The lowest BCUT2D eigenvalue weighted by Gasteiger charge is -2.20. The lowest BCUT2D eigenvalue weighted by atomic mass is 10.0. The Bertz CT molecular complexity index is 1380. The van der Waals surface area contributed by atoms with Crippen LogP contribution in [0.2, 0.25) is 0 Å². The highest BCUT2D eigenvalue weighted by Crippen LogP contribution is 2.32. The van der Waals surface area contributed by atoms with E-state index in [4.69, 9.17) is 9.47 Å². The maximum absolute atomic E-state index is 13.6. The first-order valence-corrected chi connectivity index (χ1v) is 11.9. The third-order valence-corrected chi connectivity index (χ3v) is 6.52. The second kappa shape index (κ2) is 10.4. The van der Waals surface area contributed by atoms with Crippen molar-refractivity contribution >= 4 is 5.91 Å². The summed E-state index contributed by atoms with van der Waals surface area (Å²) in [6, 6.07) is 15.6. The Morgan fingerprint density at radius 1 is 0.838 bits per heavy atom. The number of benzene rings is 3. The van der Waals surface area contributed by atoms with Gasteiger partial charge in [0.25, 0.3) is 0 Å². The zero-order chi connectivity index (χ0) is 25.9. The van der Waals surface area contributed by atoms with Crippen molar-refractivity contribution in [2.45, 2.75) is 19.4 Å². The van der Waals surface area contributed by atoms with Crippen LogP contribution in [0.5, 0.6) is 11.5 Å². The normalized spacial score (nSPS) is 13.1. The average Bonchev–Trinajstić information content (AvgIpc) is 3.20. The number of fused-ring (bicyclic) bond motifs is 1. The number of aromatic nitrogens is 3. The summed E-state index contributed by atoms with van der Waals surface area (Å²) < 4.78 is 39.4. The third kappa shape index (κ3) is 5.16. The van der Waals surface area contributed by atoms with Crippen LogP contribution in [-0.2, 0) is 24.2 Å². The highest BCUT2D eigenvalue weighted by atomic mass is 19.1. The monoisotopic (exact) mass is 504 g/mol. The summed E-state index contributed by atoms with van der Waals surface area (Å²) in [4.78, 5) is 19.8. The van der Waals surface area contributed by atoms with Crippen LogP contribution < -0.4 is 9.47 Å². The van der Waals surface area contributed by atoms with Gasteiger partial charge in [-0.1, -0.05) is 0 Å². The Kier molecular flexibility index (Phi) is 6.85. The first-order chi connectivity index (χ1) is 17.9. The molecule has 1 amide bonds. The SMILES string of the molecule is COc1cc2c(cc1OC)CCN(C(=O)Cn1nc(-c3ccc(F)cc3)nc1-c1ccc(F)cc1)CC2. The molecular formula is C28H26F2N4O3. The fourth-order valence-corrected chi connectivity index (χ4v) is 4.51. The fourth-order valence-electron chi connectivity index (χ4n) is 4.51. The highest BCUT2D eigenvalue weighted by molar-refractivity contribution is 5.77. The quantitative estimate of drug-likeness (QED) is 0.386. The Balaban J connectivity index is 1.40. The van der Waals surface area contributed by atoms with E-state index in [1.807, 2.05) is 17.0 Å². The third-order valence-electron chi connectivity index (χ3n) is 6.52. The molecule has 0 unspecified atom stereocenters. The van der Waals surface area contributed by atoms with Crippen LogP contribution in [0.25, 0.3) is 22.8 Å². The molecule has 0 bridgehead atoms. The van der Waals surface area contributed by atoms with Gasteiger partial charge < -0.3 is 14.4 Å². The summed E-state index contributed by atoms with van der Waals surface area (Å²) >= 11 is 0. The van der Waals surface area contributed by atoms with Crippen molar-refractivity contribution in [1.82, 2.24) is 19.7 Å². The number of methoxy groups -OCH3 is 2. The number of hydrogen-bond donors (Lipinski definition) is 0. The summed E-state index contributed by atoms with van der Waals surface area (Å²) in [5, 5.41) is 4.56. The minimum atomic E-state index is -0.373. The van der Waals surface area contributed by atoms with Crippen molar-refractivity contribution in [3.8, 4) is 34.3 Å². The molecule has 1 aliphatic rings. The lowest BCUT2D eigenvalue weighted by Crippen LogP contribution is -2.36. The standard InChI is InChI=1S/C28H26F2N4O3/c1-36-24-15-20-11-13-33(14-12-21(20)16-25(24)37-2)26(35)17-34-28(19-5-9-23(30)10-6-19)31-27(32-34)18-3-7-22(29)8-4-18/h3-10,15-16H,11-14,17H2,1-2H3. The van der Waals surface area contributed by atoms with Crippen LogP contribution in [-0.4, -0.2) is 52.9 Å². The average molecular weight is 505 g/mol. The molecule has 2 heterocycles. The first-order valence-electron chi connectivity index (χ1n) is 11.9. The predicted molar refractivity (Wildman–Crippen MR) is 134 cm³/mol. The molecule has 0 radical (unpaired) electrons. The van der Waals surface area contributed by atoms with E-state index in [2.05, 4.69) is 10.1 Å². The molecule has 37 heavy (non-hydrogen) atoms. The number of hydrogen-bond acceptors (Lipinski definition) is 5. The molecule has 7 nitrogen and oxygen atoms in total. The van der Waals surface area contributed by atoms with E-state index in [1.54, 1.807) is 38.5 Å². The van der Waals surface area contributed by atoms with Gasteiger partial charge in [0, 0.05) is 24.2 Å². The van der Waals surface area contributed by atoms with Gasteiger partial charge in [-0.25, -0.2) is 18.4 Å². The van der Waals surface area contributed by atoms with Crippen LogP contribution in [0.1, 0.15) is 11.1 Å². The molecule has 0 fully saturated rings. The van der Waals surface area contributed by atoms with E-state index >= 15 is 0 Å². The number of carbonyl (C=O) groups excluding carboxylic acids is 1. The Labute approximate surface area is 213 Å². The van der Waals surface area contributed by atoms with Crippen LogP contribution in [0, 0.1) is 11.6 Å². The minimum absolute atomic E-state index is 0.0378. The van der Waals surface area contributed by atoms with E-state index < -0.39 is 0 Å². The van der Waals surface area contributed by atoms with Gasteiger partial charge in [0.15, 0.2) is 23.1 Å². The summed E-state index contributed by atoms with van der Waals surface area (Å²) in [6.45, 7) is 1.06. The molecule has 4 aromatic rings. The van der Waals surface area contributed by atoms with Crippen LogP contribution in [0.4, 0.5) is 8.78 Å². The Morgan fingerprint density at radius 3 is 1.86 bits per heavy atom. The largest absolute Gasteiger partial charge is 0.493 e. The molecule has 190 valence electrons. The Hall–Kier alpha value is -4.27.